The lowest BCUT2D eigenvalue weighted by Gasteiger charge is -1.94. The number of hydrogen-bond acceptors (Lipinski definition) is 3. The summed E-state index contributed by atoms with van der Waals surface area (Å²) in [7, 11) is 0. The van der Waals surface area contributed by atoms with Crippen molar-refractivity contribution in [3.8, 4) is 0 Å². The number of nitrogens with zero attached hydrogens (tertiary/aromatic N) is 2. The fraction of sp³-hybridized carbons (Fsp3) is 0.400. The van der Waals surface area contributed by atoms with E-state index in [0.717, 1.165) is 22.6 Å². The number of ether oxygens (including phenoxy) is 1. The van der Waals surface area contributed by atoms with E-state index in [2.05, 4.69) is 15.0 Å². The molecular weight excluding hydrogens is 178 g/mol. The molecule has 2 aromatic heterocycles. The fourth-order valence-electron chi connectivity index (χ4n) is 1.32. The van der Waals surface area contributed by atoms with E-state index in [1.165, 1.54) is 0 Å². The highest BCUT2D eigenvalue weighted by Gasteiger charge is 2.02. The van der Waals surface area contributed by atoms with Crippen LogP contribution in [0.5, 0.6) is 0 Å². The van der Waals surface area contributed by atoms with E-state index in [1.54, 1.807) is 0 Å². The average Bonchev–Trinajstić information content (AvgIpc) is 2.56. The molecule has 1 N–H and O–H groups in total. The highest BCUT2D eigenvalue weighted by Crippen LogP contribution is 2.10. The Morgan fingerprint density at radius 2 is 2.36 bits per heavy atom. The molecule has 2 aromatic rings. The lowest BCUT2D eigenvalue weighted by atomic mass is 10.3. The van der Waals surface area contributed by atoms with Crippen molar-refractivity contribution in [1.29, 1.82) is 0 Å². The molecule has 0 aliphatic rings. The van der Waals surface area contributed by atoms with Gasteiger partial charge in [-0.2, -0.15) is 0 Å². The van der Waals surface area contributed by atoms with Gasteiger partial charge in [-0.1, -0.05) is 0 Å². The minimum Gasteiger partial charge on any atom is -0.374 e. The van der Waals surface area contributed by atoms with E-state index in [9.17, 15) is 0 Å². The maximum Gasteiger partial charge on any atom is 0.177 e. The number of aromatic amines is 1. The van der Waals surface area contributed by atoms with Crippen molar-refractivity contribution in [2.24, 2.45) is 0 Å². The van der Waals surface area contributed by atoms with E-state index >= 15 is 0 Å². The first-order valence-corrected chi connectivity index (χ1v) is 4.68. The SMILES string of the molecule is CCOCc1nc2ncc(C)cc2[nH]1. The van der Waals surface area contributed by atoms with Crippen LogP contribution in [0.4, 0.5) is 0 Å². The molecule has 0 radical (unpaired) electrons. The van der Waals surface area contributed by atoms with Crippen molar-refractivity contribution >= 4 is 11.2 Å². The van der Waals surface area contributed by atoms with Gasteiger partial charge in [-0.05, 0) is 25.5 Å². The van der Waals surface area contributed by atoms with Crippen LogP contribution in [0, 0.1) is 6.92 Å². The van der Waals surface area contributed by atoms with Crippen molar-refractivity contribution in [3.05, 3.63) is 23.7 Å². The van der Waals surface area contributed by atoms with Gasteiger partial charge >= 0.3 is 0 Å². The summed E-state index contributed by atoms with van der Waals surface area (Å²) in [5.74, 6) is 0.833. The van der Waals surface area contributed by atoms with Crippen LogP contribution in [0.3, 0.4) is 0 Å². The molecule has 4 heteroatoms. The standard InChI is InChI=1S/C10H13N3O/c1-3-14-6-9-12-8-4-7(2)5-11-10(8)13-9/h4-5H,3,6H2,1-2H3,(H,11,12,13). The maximum absolute atomic E-state index is 5.26. The van der Waals surface area contributed by atoms with Gasteiger partial charge in [-0.3, -0.25) is 0 Å². The van der Waals surface area contributed by atoms with Crippen LogP contribution >= 0.6 is 0 Å². The van der Waals surface area contributed by atoms with Gasteiger partial charge in [0.25, 0.3) is 0 Å². The Bertz CT molecular complexity index is 436. The Hall–Kier alpha value is -1.42. The molecule has 0 aromatic carbocycles. The van der Waals surface area contributed by atoms with Crippen LogP contribution in [-0.4, -0.2) is 21.6 Å². The lowest BCUT2D eigenvalue weighted by Crippen LogP contribution is -1.93. The van der Waals surface area contributed by atoms with Crippen LogP contribution in [-0.2, 0) is 11.3 Å². The maximum atomic E-state index is 5.26. The van der Waals surface area contributed by atoms with Crippen LogP contribution in [0.1, 0.15) is 18.3 Å². The van der Waals surface area contributed by atoms with Crippen LogP contribution in [0.15, 0.2) is 12.3 Å². The molecule has 4 nitrogen and oxygen atoms in total. The summed E-state index contributed by atoms with van der Waals surface area (Å²) < 4.78 is 5.26. The summed E-state index contributed by atoms with van der Waals surface area (Å²) in [6, 6.07) is 2.03. The van der Waals surface area contributed by atoms with E-state index in [4.69, 9.17) is 4.74 Å². The second kappa shape index (κ2) is 3.75. The average molecular weight is 191 g/mol. The first-order chi connectivity index (χ1) is 6.79. The van der Waals surface area contributed by atoms with E-state index in [0.29, 0.717) is 13.2 Å². The number of aryl methyl sites for hydroxylation is 1. The number of H-pyrrole nitrogens is 1. The van der Waals surface area contributed by atoms with Crippen LogP contribution in [0.2, 0.25) is 0 Å². The van der Waals surface area contributed by atoms with Crippen LogP contribution < -0.4 is 0 Å². The van der Waals surface area contributed by atoms with Gasteiger partial charge in [0.2, 0.25) is 0 Å². The fourth-order valence-corrected chi connectivity index (χ4v) is 1.32. The normalized spacial score (nSPS) is 11.0. The van der Waals surface area contributed by atoms with Crippen molar-refractivity contribution in [3.63, 3.8) is 0 Å². The Morgan fingerprint density at radius 3 is 3.14 bits per heavy atom. The summed E-state index contributed by atoms with van der Waals surface area (Å²) in [6.45, 7) is 5.19. The third-order valence-corrected chi connectivity index (χ3v) is 1.97. The Morgan fingerprint density at radius 1 is 1.50 bits per heavy atom. The second-order valence-corrected chi connectivity index (χ2v) is 3.20. The molecule has 0 aliphatic carbocycles. The number of fused-ring (bicyclic) bond motifs is 1. The van der Waals surface area contributed by atoms with Crippen molar-refractivity contribution < 1.29 is 4.74 Å². The molecule has 0 saturated carbocycles. The third kappa shape index (κ3) is 1.75. The molecule has 0 aliphatic heterocycles. The zero-order chi connectivity index (χ0) is 9.97. The van der Waals surface area contributed by atoms with Crippen molar-refractivity contribution in [2.45, 2.75) is 20.5 Å². The van der Waals surface area contributed by atoms with Gasteiger partial charge in [-0.15, -0.1) is 0 Å². The molecule has 0 saturated heterocycles. The molecule has 2 heterocycles. The van der Waals surface area contributed by atoms with E-state index < -0.39 is 0 Å². The first-order valence-electron chi connectivity index (χ1n) is 4.68. The summed E-state index contributed by atoms with van der Waals surface area (Å²) in [5, 5.41) is 0. The minimum absolute atomic E-state index is 0.520. The van der Waals surface area contributed by atoms with Gasteiger partial charge in [0.05, 0.1) is 5.52 Å². The van der Waals surface area contributed by atoms with Crippen LogP contribution in [0.25, 0.3) is 11.2 Å². The quantitative estimate of drug-likeness (QED) is 0.804. The highest BCUT2D eigenvalue weighted by molar-refractivity contribution is 5.70. The van der Waals surface area contributed by atoms with E-state index in [1.807, 2.05) is 26.1 Å². The topological polar surface area (TPSA) is 50.8 Å². The number of pyridine rings is 1. The number of nitrogens with one attached hydrogen (secondary N) is 1. The molecule has 0 atom stereocenters. The lowest BCUT2D eigenvalue weighted by molar-refractivity contribution is 0.129. The molecule has 0 fully saturated rings. The number of hydrogen-bond donors (Lipinski definition) is 1. The summed E-state index contributed by atoms with van der Waals surface area (Å²) in [4.78, 5) is 11.7. The molecular formula is C10H13N3O. The minimum atomic E-state index is 0.520. The molecule has 74 valence electrons. The molecule has 2 rings (SSSR count). The predicted octanol–water partition coefficient (Wildman–Crippen LogP) is 1.80. The number of aromatic nitrogens is 3. The second-order valence-electron chi connectivity index (χ2n) is 3.20. The number of rotatable bonds is 3. The smallest absolute Gasteiger partial charge is 0.177 e. The van der Waals surface area contributed by atoms with E-state index in [-0.39, 0.29) is 0 Å². The summed E-state index contributed by atoms with van der Waals surface area (Å²) in [6.07, 6.45) is 1.81. The zero-order valence-electron chi connectivity index (χ0n) is 8.37. The molecule has 0 amide bonds. The Kier molecular flexibility index (Phi) is 2.45. The molecule has 0 unspecified atom stereocenters. The zero-order valence-corrected chi connectivity index (χ0v) is 8.37. The molecule has 0 bridgehead atoms. The van der Waals surface area contributed by atoms with Gasteiger partial charge in [0.1, 0.15) is 12.4 Å². The monoisotopic (exact) mass is 191 g/mol. The van der Waals surface area contributed by atoms with Crippen molar-refractivity contribution in [1.82, 2.24) is 15.0 Å². The first kappa shape index (κ1) is 9.15. The molecule has 14 heavy (non-hydrogen) atoms. The van der Waals surface area contributed by atoms with Gasteiger partial charge < -0.3 is 9.72 Å². The predicted molar refractivity (Wildman–Crippen MR) is 54.0 cm³/mol. The van der Waals surface area contributed by atoms with Gasteiger partial charge in [0.15, 0.2) is 5.65 Å². The largest absolute Gasteiger partial charge is 0.374 e. The Labute approximate surface area is 82.3 Å². The van der Waals surface area contributed by atoms with Gasteiger partial charge in [0, 0.05) is 12.8 Å². The number of imidazole rings is 1. The molecule has 0 spiro atoms. The third-order valence-electron chi connectivity index (χ3n) is 1.97. The summed E-state index contributed by atoms with van der Waals surface area (Å²) in [5.41, 5.74) is 2.86. The highest BCUT2D eigenvalue weighted by atomic mass is 16.5. The summed E-state index contributed by atoms with van der Waals surface area (Å²) >= 11 is 0. The van der Waals surface area contributed by atoms with Gasteiger partial charge in [-0.25, -0.2) is 9.97 Å². The van der Waals surface area contributed by atoms with Crippen molar-refractivity contribution in [2.75, 3.05) is 6.61 Å². The Balaban J connectivity index is 2.32.